The maximum atomic E-state index is 12.7. The van der Waals surface area contributed by atoms with Gasteiger partial charge in [0.2, 0.25) is 0 Å². The number of benzene rings is 1. The molecule has 1 aromatic carbocycles. The normalized spacial score (nSPS) is 17.5. The summed E-state index contributed by atoms with van der Waals surface area (Å²) in [6, 6.07) is 4.13. The highest BCUT2D eigenvalue weighted by molar-refractivity contribution is 7.19. The monoisotopic (exact) mass is 285 g/mol. The third-order valence-corrected chi connectivity index (χ3v) is 4.92. The van der Waals surface area contributed by atoms with E-state index in [2.05, 4.69) is 11.9 Å². The van der Waals surface area contributed by atoms with Gasteiger partial charge in [0, 0.05) is 22.7 Å². The number of hydrogen-bond acceptors (Lipinski definition) is 2. The Labute approximate surface area is 113 Å². The quantitative estimate of drug-likeness (QED) is 0.708. The van der Waals surface area contributed by atoms with Crippen LogP contribution in [0.2, 0.25) is 0 Å². The number of nitrogens with zero attached hydrogens (tertiary/aromatic N) is 1. The van der Waals surface area contributed by atoms with E-state index in [-0.39, 0.29) is 0 Å². The van der Waals surface area contributed by atoms with Crippen molar-refractivity contribution in [3.8, 4) is 0 Å². The van der Waals surface area contributed by atoms with Gasteiger partial charge in [-0.2, -0.15) is 13.2 Å². The second-order valence-electron chi connectivity index (χ2n) is 5.02. The molecule has 5 heteroatoms. The molecule has 3 rings (SSSR count). The van der Waals surface area contributed by atoms with Crippen molar-refractivity contribution >= 4 is 21.4 Å². The molecule has 19 heavy (non-hydrogen) atoms. The number of thiophene rings is 1. The third kappa shape index (κ3) is 2.37. The van der Waals surface area contributed by atoms with E-state index in [4.69, 9.17) is 0 Å². The molecule has 1 aromatic heterocycles. The second-order valence-corrected chi connectivity index (χ2v) is 6.15. The second kappa shape index (κ2) is 4.49. The van der Waals surface area contributed by atoms with Crippen molar-refractivity contribution in [3.63, 3.8) is 0 Å². The molecular weight excluding hydrogens is 271 g/mol. The lowest BCUT2D eigenvalue weighted by Crippen LogP contribution is -2.20. The van der Waals surface area contributed by atoms with Gasteiger partial charge in [0.05, 0.1) is 5.56 Å². The minimum absolute atomic E-state index is 0.548. The molecule has 0 N–H and O–H groups in total. The number of hydrogen-bond donors (Lipinski definition) is 0. The predicted molar refractivity (Wildman–Crippen MR) is 71.7 cm³/mol. The Morgan fingerprint density at radius 2 is 1.89 bits per heavy atom. The van der Waals surface area contributed by atoms with E-state index < -0.39 is 11.7 Å². The van der Waals surface area contributed by atoms with E-state index in [0.29, 0.717) is 0 Å². The lowest BCUT2D eigenvalue weighted by molar-refractivity contribution is -0.137. The summed E-state index contributed by atoms with van der Waals surface area (Å²) in [5.74, 6) is 0. The predicted octanol–water partition coefficient (Wildman–Crippen LogP) is 3.95. The highest BCUT2D eigenvalue weighted by atomic mass is 32.1. The molecule has 0 saturated carbocycles. The van der Waals surface area contributed by atoms with E-state index in [1.165, 1.54) is 33.9 Å². The molecule has 0 aliphatic carbocycles. The Morgan fingerprint density at radius 1 is 1.16 bits per heavy atom. The van der Waals surface area contributed by atoms with Crippen LogP contribution < -0.4 is 0 Å². The summed E-state index contributed by atoms with van der Waals surface area (Å²) < 4.78 is 38.9. The van der Waals surface area contributed by atoms with Crippen LogP contribution in [0.5, 0.6) is 0 Å². The molecule has 0 fully saturated rings. The summed E-state index contributed by atoms with van der Waals surface area (Å²) in [6.07, 6.45) is -2.39. The number of halogens is 3. The van der Waals surface area contributed by atoms with Gasteiger partial charge in [-0.15, -0.1) is 11.3 Å². The Balaban J connectivity index is 2.09. The molecule has 0 spiro atoms. The van der Waals surface area contributed by atoms with Gasteiger partial charge in [-0.1, -0.05) is 6.07 Å². The minimum atomic E-state index is -4.25. The third-order valence-electron chi connectivity index (χ3n) is 3.67. The highest BCUT2D eigenvalue weighted by Crippen LogP contribution is 2.38. The fraction of sp³-hybridized carbons (Fsp3) is 0.429. The standard InChI is InChI=1S/C14H14F3NS/c1-18-6-4-11-10-3-2-9(14(15,16)17)8-13(10)19-12(11)5-7-18/h2-3,8H,4-7H2,1H3. The van der Waals surface area contributed by atoms with Crippen molar-refractivity contribution < 1.29 is 13.2 Å². The van der Waals surface area contributed by atoms with Gasteiger partial charge in [0.1, 0.15) is 0 Å². The summed E-state index contributed by atoms with van der Waals surface area (Å²) in [5.41, 5.74) is 0.701. The maximum absolute atomic E-state index is 12.7. The molecule has 1 aliphatic rings. The van der Waals surface area contributed by atoms with Crippen LogP contribution in [0, 0.1) is 0 Å². The summed E-state index contributed by atoms with van der Waals surface area (Å²) in [7, 11) is 2.08. The largest absolute Gasteiger partial charge is 0.416 e. The molecule has 0 unspecified atom stereocenters. The molecule has 2 heterocycles. The molecular formula is C14H14F3NS. The average molecular weight is 285 g/mol. The molecule has 0 bridgehead atoms. The van der Waals surface area contributed by atoms with E-state index in [1.807, 2.05) is 0 Å². The van der Waals surface area contributed by atoms with Crippen LogP contribution in [0.4, 0.5) is 13.2 Å². The fourth-order valence-electron chi connectivity index (χ4n) is 2.56. The highest BCUT2D eigenvalue weighted by Gasteiger charge is 2.31. The van der Waals surface area contributed by atoms with Crippen molar-refractivity contribution in [2.75, 3.05) is 20.1 Å². The zero-order valence-corrected chi connectivity index (χ0v) is 11.4. The van der Waals surface area contributed by atoms with Gasteiger partial charge >= 0.3 is 6.18 Å². The minimum Gasteiger partial charge on any atom is -0.306 e. The molecule has 0 amide bonds. The van der Waals surface area contributed by atoms with Crippen molar-refractivity contribution in [3.05, 3.63) is 34.2 Å². The number of likely N-dealkylation sites (N-methyl/N-ethyl adjacent to an activating group) is 1. The zero-order chi connectivity index (χ0) is 13.6. The van der Waals surface area contributed by atoms with Crippen LogP contribution >= 0.6 is 11.3 Å². The lowest BCUT2D eigenvalue weighted by Gasteiger charge is -2.11. The van der Waals surface area contributed by atoms with Crippen LogP contribution in [0.3, 0.4) is 0 Å². The van der Waals surface area contributed by atoms with Crippen LogP contribution in [0.15, 0.2) is 18.2 Å². The molecule has 1 aliphatic heterocycles. The number of fused-ring (bicyclic) bond motifs is 3. The lowest BCUT2D eigenvalue weighted by atomic mass is 10.1. The van der Waals surface area contributed by atoms with Gasteiger partial charge in [-0.3, -0.25) is 0 Å². The summed E-state index contributed by atoms with van der Waals surface area (Å²) in [5, 5.41) is 1.00. The van der Waals surface area contributed by atoms with Crippen molar-refractivity contribution in [2.24, 2.45) is 0 Å². The van der Waals surface area contributed by atoms with Crippen molar-refractivity contribution in [1.29, 1.82) is 0 Å². The first kappa shape index (κ1) is 12.9. The van der Waals surface area contributed by atoms with Crippen LogP contribution in [0.1, 0.15) is 16.0 Å². The van der Waals surface area contributed by atoms with Crippen LogP contribution in [-0.4, -0.2) is 25.0 Å². The Kier molecular flexibility index (Phi) is 3.06. The zero-order valence-electron chi connectivity index (χ0n) is 10.5. The molecule has 102 valence electrons. The Hall–Kier alpha value is -1.07. The van der Waals surface area contributed by atoms with Gasteiger partial charge in [0.25, 0.3) is 0 Å². The topological polar surface area (TPSA) is 3.24 Å². The van der Waals surface area contributed by atoms with Crippen molar-refractivity contribution in [1.82, 2.24) is 4.90 Å². The van der Waals surface area contributed by atoms with E-state index in [9.17, 15) is 13.2 Å². The Morgan fingerprint density at radius 3 is 2.63 bits per heavy atom. The fourth-order valence-corrected chi connectivity index (χ4v) is 3.84. The first-order chi connectivity index (χ1) is 8.95. The van der Waals surface area contributed by atoms with Gasteiger partial charge in [-0.25, -0.2) is 0 Å². The number of alkyl halides is 3. The van der Waals surface area contributed by atoms with Gasteiger partial charge in [-0.05, 0) is 43.0 Å². The Bertz CT molecular complexity index is 615. The smallest absolute Gasteiger partial charge is 0.306 e. The van der Waals surface area contributed by atoms with E-state index >= 15 is 0 Å². The molecule has 0 radical (unpaired) electrons. The molecule has 0 saturated heterocycles. The molecule has 0 atom stereocenters. The van der Waals surface area contributed by atoms with Gasteiger partial charge in [0.15, 0.2) is 0 Å². The number of rotatable bonds is 0. The molecule has 2 aromatic rings. The summed E-state index contributed by atoms with van der Waals surface area (Å²) >= 11 is 1.52. The van der Waals surface area contributed by atoms with E-state index in [0.717, 1.165) is 36.0 Å². The maximum Gasteiger partial charge on any atom is 0.416 e. The average Bonchev–Trinajstić information content (AvgIpc) is 2.59. The first-order valence-electron chi connectivity index (χ1n) is 6.25. The SMILES string of the molecule is CN1CCc2sc3cc(C(F)(F)F)ccc3c2CC1. The summed E-state index contributed by atoms with van der Waals surface area (Å²) in [4.78, 5) is 3.52. The van der Waals surface area contributed by atoms with Crippen LogP contribution in [0.25, 0.3) is 10.1 Å². The molecule has 1 nitrogen and oxygen atoms in total. The van der Waals surface area contributed by atoms with Crippen LogP contribution in [-0.2, 0) is 19.0 Å². The summed E-state index contributed by atoms with van der Waals surface area (Å²) in [6.45, 7) is 1.95. The van der Waals surface area contributed by atoms with E-state index in [1.54, 1.807) is 6.07 Å². The van der Waals surface area contributed by atoms with Gasteiger partial charge < -0.3 is 4.90 Å². The first-order valence-corrected chi connectivity index (χ1v) is 7.07. The van der Waals surface area contributed by atoms with Crippen molar-refractivity contribution in [2.45, 2.75) is 19.0 Å².